The summed E-state index contributed by atoms with van der Waals surface area (Å²) in [4.78, 5) is 26.6. The maximum atomic E-state index is 12.8. The number of nitrogens with zero attached hydrogens (tertiary/aromatic N) is 1. The number of hydrogen-bond donors (Lipinski definition) is 2. The van der Waals surface area contributed by atoms with Crippen molar-refractivity contribution in [2.24, 2.45) is 5.41 Å². The summed E-state index contributed by atoms with van der Waals surface area (Å²) in [7, 11) is 0. The molecule has 2 rings (SSSR count). The van der Waals surface area contributed by atoms with Crippen molar-refractivity contribution in [1.29, 1.82) is 0 Å². The van der Waals surface area contributed by atoms with Gasteiger partial charge in [-0.05, 0) is 43.4 Å². The summed E-state index contributed by atoms with van der Waals surface area (Å²) in [6.45, 7) is 12.9. The van der Waals surface area contributed by atoms with Gasteiger partial charge in [0.05, 0.1) is 17.8 Å². The zero-order valence-corrected chi connectivity index (χ0v) is 19.7. The number of carboxylic acids is 1. The molecule has 2 N–H and O–H groups in total. The van der Waals surface area contributed by atoms with Crippen molar-refractivity contribution in [1.82, 2.24) is 0 Å². The Balaban J connectivity index is 2.33. The summed E-state index contributed by atoms with van der Waals surface area (Å²) in [6.07, 6.45) is 8.02. The molecule has 0 aromatic heterocycles. The Bertz CT molecular complexity index is 765. The topological polar surface area (TPSA) is 69.6 Å². The smallest absolute Gasteiger partial charge is 0.305 e. The van der Waals surface area contributed by atoms with Crippen LogP contribution in [0, 0.1) is 19.3 Å². The van der Waals surface area contributed by atoms with Gasteiger partial charge in [-0.2, -0.15) is 0 Å². The molecule has 0 saturated heterocycles. The first kappa shape index (κ1) is 24.2. The first-order chi connectivity index (χ1) is 14.1. The Hall–Kier alpha value is -2.04. The van der Waals surface area contributed by atoms with Crippen molar-refractivity contribution >= 4 is 23.3 Å². The molecule has 168 valence electrons. The van der Waals surface area contributed by atoms with E-state index in [1.165, 1.54) is 36.8 Å². The lowest BCUT2D eigenvalue weighted by molar-refractivity contribution is -0.137. The van der Waals surface area contributed by atoms with Gasteiger partial charge in [-0.15, -0.1) is 0 Å². The molecule has 1 aromatic rings. The fraction of sp³-hybridized carbons (Fsp3) is 0.680. The van der Waals surface area contributed by atoms with E-state index < -0.39 is 11.4 Å². The van der Waals surface area contributed by atoms with E-state index in [4.69, 9.17) is 0 Å². The SMILES string of the molecule is CCCCCCCCN1c2c(c(C)cc(C)c2NC(=O)C(C)(C)C)CC1CC(=O)O. The van der Waals surface area contributed by atoms with Crippen LogP contribution in [0.25, 0.3) is 0 Å². The minimum atomic E-state index is -0.768. The number of unbranched alkanes of at least 4 members (excludes halogenated alkanes) is 5. The number of benzene rings is 1. The highest BCUT2D eigenvalue weighted by Crippen LogP contribution is 2.44. The summed E-state index contributed by atoms with van der Waals surface area (Å²) < 4.78 is 0. The lowest BCUT2D eigenvalue weighted by atomic mass is 9.94. The number of carboxylic acid groups (broad SMARTS) is 1. The maximum Gasteiger partial charge on any atom is 0.305 e. The van der Waals surface area contributed by atoms with Crippen LogP contribution in [0.15, 0.2) is 6.07 Å². The molecular weight excluding hydrogens is 376 g/mol. The number of fused-ring (bicyclic) bond motifs is 1. The number of aliphatic carboxylic acids is 1. The van der Waals surface area contributed by atoms with Crippen LogP contribution in [0.2, 0.25) is 0 Å². The first-order valence-corrected chi connectivity index (χ1v) is 11.5. The summed E-state index contributed by atoms with van der Waals surface area (Å²) >= 11 is 0. The molecule has 0 saturated carbocycles. The standard InChI is InChI=1S/C25H40N2O3/c1-7-8-9-10-11-12-13-27-19(16-21(28)29)15-20-17(2)14-18(3)22(23(20)27)26-24(30)25(4,5)6/h14,19H,7-13,15-16H2,1-6H3,(H,26,30)(H,28,29). The minimum absolute atomic E-state index is 0.0159. The molecule has 1 aliphatic rings. The van der Waals surface area contributed by atoms with Crippen LogP contribution in [-0.4, -0.2) is 29.6 Å². The fourth-order valence-corrected chi connectivity index (χ4v) is 4.31. The van der Waals surface area contributed by atoms with Gasteiger partial charge in [0.25, 0.3) is 0 Å². The van der Waals surface area contributed by atoms with Gasteiger partial charge in [0.1, 0.15) is 0 Å². The average Bonchev–Trinajstić information content (AvgIpc) is 2.98. The highest BCUT2D eigenvalue weighted by molar-refractivity contribution is 5.99. The molecule has 0 fully saturated rings. The lowest BCUT2D eigenvalue weighted by Crippen LogP contribution is -2.36. The number of rotatable bonds is 10. The summed E-state index contributed by atoms with van der Waals surface area (Å²) in [5.41, 5.74) is 4.80. The van der Waals surface area contributed by atoms with E-state index in [0.717, 1.165) is 42.7 Å². The predicted molar refractivity (Wildman–Crippen MR) is 124 cm³/mol. The molecule has 1 aliphatic heterocycles. The molecule has 1 amide bonds. The maximum absolute atomic E-state index is 12.8. The normalized spacial score (nSPS) is 15.9. The monoisotopic (exact) mass is 416 g/mol. The lowest BCUT2D eigenvalue weighted by Gasteiger charge is -2.30. The van der Waals surface area contributed by atoms with E-state index in [1.54, 1.807) is 0 Å². The summed E-state index contributed by atoms with van der Waals surface area (Å²) in [5.74, 6) is -0.784. The van der Waals surface area contributed by atoms with Crippen molar-refractivity contribution < 1.29 is 14.7 Å². The number of carbonyl (C=O) groups excluding carboxylic acids is 1. The largest absolute Gasteiger partial charge is 0.481 e. The van der Waals surface area contributed by atoms with Crippen LogP contribution >= 0.6 is 0 Å². The molecule has 1 aromatic carbocycles. The Morgan fingerprint density at radius 3 is 2.33 bits per heavy atom. The number of nitrogens with one attached hydrogen (secondary N) is 1. The van der Waals surface area contributed by atoms with Gasteiger partial charge in [0, 0.05) is 18.0 Å². The first-order valence-electron chi connectivity index (χ1n) is 11.5. The Kier molecular flexibility index (Phi) is 8.34. The summed E-state index contributed by atoms with van der Waals surface area (Å²) in [5, 5.41) is 12.7. The Morgan fingerprint density at radius 1 is 1.10 bits per heavy atom. The van der Waals surface area contributed by atoms with Gasteiger partial charge in [-0.1, -0.05) is 65.9 Å². The number of hydrogen-bond acceptors (Lipinski definition) is 3. The van der Waals surface area contributed by atoms with Crippen molar-refractivity contribution in [3.8, 4) is 0 Å². The molecule has 5 heteroatoms. The molecule has 1 unspecified atom stereocenters. The molecule has 30 heavy (non-hydrogen) atoms. The molecule has 0 radical (unpaired) electrons. The highest BCUT2D eigenvalue weighted by atomic mass is 16.4. The Labute approximate surface area is 182 Å². The zero-order chi connectivity index (χ0) is 22.5. The molecule has 1 heterocycles. The molecule has 1 atom stereocenters. The number of amides is 1. The third-order valence-corrected chi connectivity index (χ3v) is 6.08. The second kappa shape index (κ2) is 10.3. The van der Waals surface area contributed by atoms with Crippen LogP contribution in [0.3, 0.4) is 0 Å². The average molecular weight is 417 g/mol. The number of anilines is 2. The van der Waals surface area contributed by atoms with Gasteiger partial charge in [-0.3, -0.25) is 9.59 Å². The summed E-state index contributed by atoms with van der Waals surface area (Å²) in [6, 6.07) is 2.06. The van der Waals surface area contributed by atoms with Gasteiger partial charge in [0.15, 0.2) is 0 Å². The van der Waals surface area contributed by atoms with Gasteiger partial charge >= 0.3 is 5.97 Å². The van der Waals surface area contributed by atoms with Crippen LogP contribution in [0.5, 0.6) is 0 Å². The molecule has 0 aliphatic carbocycles. The van der Waals surface area contributed by atoms with E-state index in [1.807, 2.05) is 27.7 Å². The third kappa shape index (κ3) is 5.99. The third-order valence-electron chi connectivity index (χ3n) is 6.08. The van der Waals surface area contributed by atoms with Gasteiger partial charge in [0.2, 0.25) is 5.91 Å². The van der Waals surface area contributed by atoms with Gasteiger partial charge < -0.3 is 15.3 Å². The fourth-order valence-electron chi connectivity index (χ4n) is 4.31. The van der Waals surface area contributed by atoms with Crippen molar-refractivity contribution in [3.63, 3.8) is 0 Å². The Morgan fingerprint density at radius 2 is 1.73 bits per heavy atom. The van der Waals surface area contributed by atoms with Gasteiger partial charge in [-0.25, -0.2) is 0 Å². The zero-order valence-electron chi connectivity index (χ0n) is 19.7. The minimum Gasteiger partial charge on any atom is -0.481 e. The molecule has 5 nitrogen and oxygen atoms in total. The van der Waals surface area contributed by atoms with Crippen LogP contribution < -0.4 is 10.2 Å². The van der Waals surface area contributed by atoms with Crippen molar-refractivity contribution in [2.75, 3.05) is 16.8 Å². The second-order valence-corrected chi connectivity index (χ2v) is 9.83. The van der Waals surface area contributed by atoms with E-state index in [0.29, 0.717) is 0 Å². The molecule has 0 bridgehead atoms. The predicted octanol–water partition coefficient (Wildman–Crippen LogP) is 5.85. The van der Waals surface area contributed by atoms with Crippen LogP contribution in [-0.2, 0) is 16.0 Å². The number of carbonyl (C=O) groups is 2. The van der Waals surface area contributed by atoms with E-state index in [2.05, 4.69) is 30.1 Å². The van der Waals surface area contributed by atoms with Crippen molar-refractivity contribution in [3.05, 3.63) is 22.8 Å². The quantitative estimate of drug-likeness (QED) is 0.469. The van der Waals surface area contributed by atoms with Crippen LogP contribution in [0.1, 0.15) is 89.3 Å². The van der Waals surface area contributed by atoms with E-state index in [-0.39, 0.29) is 18.4 Å². The molecular formula is C25H40N2O3. The van der Waals surface area contributed by atoms with Crippen LogP contribution in [0.4, 0.5) is 11.4 Å². The molecule has 0 spiro atoms. The number of aryl methyl sites for hydroxylation is 2. The van der Waals surface area contributed by atoms with E-state index >= 15 is 0 Å². The second-order valence-electron chi connectivity index (χ2n) is 9.83. The van der Waals surface area contributed by atoms with E-state index in [9.17, 15) is 14.7 Å². The van der Waals surface area contributed by atoms with Crippen molar-refractivity contribution in [2.45, 2.75) is 99.0 Å². The highest BCUT2D eigenvalue weighted by Gasteiger charge is 2.35.